The molecule has 0 bridgehead atoms. The second-order valence-electron chi connectivity index (χ2n) is 3.42. The fourth-order valence-corrected chi connectivity index (χ4v) is 1.35. The van der Waals surface area contributed by atoms with Crippen LogP contribution in [0.15, 0.2) is 30.7 Å². The van der Waals surface area contributed by atoms with Crippen molar-refractivity contribution in [3.05, 3.63) is 47.9 Å². The van der Waals surface area contributed by atoms with Gasteiger partial charge in [0, 0.05) is 12.1 Å². The zero-order valence-corrected chi connectivity index (χ0v) is 8.82. The zero-order valence-electron chi connectivity index (χ0n) is 8.82. The number of nitrogens with zero attached hydrogens (tertiary/aromatic N) is 2. The number of nitrogens with two attached hydrogens (primary N) is 1. The van der Waals surface area contributed by atoms with Crippen molar-refractivity contribution < 1.29 is 8.78 Å². The molecule has 0 spiro atoms. The van der Waals surface area contributed by atoms with E-state index in [1.54, 1.807) is 0 Å². The summed E-state index contributed by atoms with van der Waals surface area (Å²) >= 11 is 0. The molecule has 0 radical (unpaired) electrons. The van der Waals surface area contributed by atoms with Gasteiger partial charge < -0.3 is 11.1 Å². The minimum Gasteiger partial charge on any atom is -0.394 e. The molecule has 0 saturated carbocycles. The Kier molecular flexibility index (Phi) is 3.13. The van der Waals surface area contributed by atoms with Crippen molar-refractivity contribution in [1.82, 2.24) is 9.97 Å². The average molecular weight is 236 g/mol. The summed E-state index contributed by atoms with van der Waals surface area (Å²) in [4.78, 5) is 7.60. The van der Waals surface area contributed by atoms with Gasteiger partial charge in [0.25, 0.3) is 0 Å². The van der Waals surface area contributed by atoms with Gasteiger partial charge in [0.15, 0.2) is 5.82 Å². The lowest BCUT2D eigenvalue weighted by molar-refractivity contribution is 0.587. The number of rotatable bonds is 3. The molecule has 1 aromatic carbocycles. The van der Waals surface area contributed by atoms with E-state index in [-0.39, 0.29) is 12.1 Å². The first-order valence-electron chi connectivity index (χ1n) is 4.90. The first kappa shape index (κ1) is 11.3. The predicted molar refractivity (Wildman–Crippen MR) is 60.1 cm³/mol. The first-order chi connectivity index (χ1) is 8.16. The van der Waals surface area contributed by atoms with Crippen LogP contribution in [-0.4, -0.2) is 9.97 Å². The molecule has 0 saturated heterocycles. The third kappa shape index (κ3) is 2.66. The molecule has 0 atom stereocenters. The van der Waals surface area contributed by atoms with Crippen LogP contribution in [-0.2, 0) is 6.54 Å². The van der Waals surface area contributed by atoms with E-state index in [0.717, 1.165) is 18.2 Å². The molecule has 0 aliphatic carbocycles. The van der Waals surface area contributed by atoms with Gasteiger partial charge in [0.2, 0.25) is 0 Å². The first-order valence-corrected chi connectivity index (χ1v) is 4.90. The fraction of sp³-hybridized carbons (Fsp3) is 0.0909. The van der Waals surface area contributed by atoms with E-state index in [0.29, 0.717) is 11.5 Å². The molecule has 2 aromatic rings. The van der Waals surface area contributed by atoms with Crippen LogP contribution in [0.1, 0.15) is 5.56 Å². The van der Waals surface area contributed by atoms with Crippen molar-refractivity contribution in [2.75, 3.05) is 11.1 Å². The molecule has 0 aliphatic heterocycles. The largest absolute Gasteiger partial charge is 0.394 e. The van der Waals surface area contributed by atoms with Crippen molar-refractivity contribution in [2.45, 2.75) is 6.54 Å². The third-order valence-corrected chi connectivity index (χ3v) is 2.19. The number of anilines is 2. The van der Waals surface area contributed by atoms with Crippen LogP contribution < -0.4 is 11.1 Å². The standard InChI is InChI=1S/C11H10F2N4/c12-8-1-2-9(13)7(3-8)4-16-11-10(14)5-15-6-17-11/h1-3,5-6H,4,14H2,(H,15,16,17). The number of hydrogen-bond acceptors (Lipinski definition) is 4. The Balaban J connectivity index is 2.12. The maximum absolute atomic E-state index is 13.3. The Labute approximate surface area is 96.5 Å². The van der Waals surface area contributed by atoms with Crippen LogP contribution in [0.2, 0.25) is 0 Å². The van der Waals surface area contributed by atoms with Crippen molar-refractivity contribution in [3.8, 4) is 0 Å². The molecule has 88 valence electrons. The summed E-state index contributed by atoms with van der Waals surface area (Å²) in [7, 11) is 0. The maximum Gasteiger partial charge on any atom is 0.152 e. The number of benzene rings is 1. The molecule has 3 N–H and O–H groups in total. The molecular formula is C11H10F2N4. The topological polar surface area (TPSA) is 63.8 Å². The van der Waals surface area contributed by atoms with Gasteiger partial charge in [-0.05, 0) is 18.2 Å². The second-order valence-corrected chi connectivity index (χ2v) is 3.42. The minimum atomic E-state index is -0.487. The van der Waals surface area contributed by atoms with Gasteiger partial charge in [-0.25, -0.2) is 18.7 Å². The van der Waals surface area contributed by atoms with E-state index in [1.165, 1.54) is 12.5 Å². The summed E-state index contributed by atoms with van der Waals surface area (Å²) in [5, 5.41) is 2.81. The summed E-state index contributed by atoms with van der Waals surface area (Å²) in [6, 6.07) is 3.27. The van der Waals surface area contributed by atoms with Gasteiger partial charge in [-0.3, -0.25) is 0 Å². The summed E-state index contributed by atoms with van der Waals surface area (Å²) in [5.74, 6) is -0.575. The van der Waals surface area contributed by atoms with Gasteiger partial charge in [-0.15, -0.1) is 0 Å². The highest BCUT2D eigenvalue weighted by Crippen LogP contribution is 2.15. The molecule has 6 heteroatoms. The third-order valence-electron chi connectivity index (χ3n) is 2.19. The van der Waals surface area contributed by atoms with Gasteiger partial charge >= 0.3 is 0 Å². The normalized spacial score (nSPS) is 10.2. The second kappa shape index (κ2) is 4.73. The molecule has 0 amide bonds. The Morgan fingerprint density at radius 2 is 2.12 bits per heavy atom. The highest BCUT2D eigenvalue weighted by atomic mass is 19.1. The van der Waals surface area contributed by atoms with E-state index in [2.05, 4.69) is 15.3 Å². The van der Waals surface area contributed by atoms with E-state index in [1.807, 2.05) is 0 Å². The molecule has 1 heterocycles. The summed E-state index contributed by atoms with van der Waals surface area (Å²) < 4.78 is 26.2. The van der Waals surface area contributed by atoms with Crippen molar-refractivity contribution in [3.63, 3.8) is 0 Å². The highest BCUT2D eigenvalue weighted by molar-refractivity contribution is 5.59. The number of halogens is 2. The average Bonchev–Trinajstić information content (AvgIpc) is 2.32. The number of aromatic nitrogens is 2. The van der Waals surface area contributed by atoms with Gasteiger partial charge in [-0.2, -0.15) is 0 Å². The van der Waals surface area contributed by atoms with E-state index in [4.69, 9.17) is 5.73 Å². The van der Waals surface area contributed by atoms with Gasteiger partial charge in [0.05, 0.1) is 11.9 Å². The van der Waals surface area contributed by atoms with E-state index in [9.17, 15) is 8.78 Å². The Bertz CT molecular complexity index is 531. The van der Waals surface area contributed by atoms with Crippen LogP contribution >= 0.6 is 0 Å². The Morgan fingerprint density at radius 3 is 2.88 bits per heavy atom. The molecule has 1 aromatic heterocycles. The predicted octanol–water partition coefficient (Wildman–Crippen LogP) is 1.95. The number of nitrogens with one attached hydrogen (secondary N) is 1. The van der Waals surface area contributed by atoms with Gasteiger partial charge in [0.1, 0.15) is 18.0 Å². The Hall–Kier alpha value is -2.24. The molecule has 2 rings (SSSR count). The lowest BCUT2D eigenvalue weighted by atomic mass is 10.2. The number of nitrogen functional groups attached to an aromatic ring is 1. The molecule has 17 heavy (non-hydrogen) atoms. The van der Waals surface area contributed by atoms with E-state index < -0.39 is 11.6 Å². The summed E-state index contributed by atoms with van der Waals surface area (Å²) in [6.07, 6.45) is 2.75. The molecule has 0 fully saturated rings. The number of hydrogen-bond donors (Lipinski definition) is 2. The SMILES string of the molecule is Nc1cncnc1NCc1cc(F)ccc1F. The van der Waals surface area contributed by atoms with Crippen molar-refractivity contribution in [1.29, 1.82) is 0 Å². The van der Waals surface area contributed by atoms with E-state index >= 15 is 0 Å². The maximum atomic E-state index is 13.3. The zero-order chi connectivity index (χ0) is 12.3. The smallest absolute Gasteiger partial charge is 0.152 e. The quantitative estimate of drug-likeness (QED) is 0.854. The molecule has 0 unspecified atom stereocenters. The van der Waals surface area contributed by atoms with Crippen LogP contribution in [0, 0.1) is 11.6 Å². The molecule has 0 aliphatic rings. The summed E-state index contributed by atoms with van der Waals surface area (Å²) in [6.45, 7) is 0.102. The van der Waals surface area contributed by atoms with Crippen LogP contribution in [0.25, 0.3) is 0 Å². The molecular weight excluding hydrogens is 226 g/mol. The van der Waals surface area contributed by atoms with Crippen LogP contribution in [0.3, 0.4) is 0 Å². The van der Waals surface area contributed by atoms with Crippen molar-refractivity contribution in [2.24, 2.45) is 0 Å². The monoisotopic (exact) mass is 236 g/mol. The lowest BCUT2D eigenvalue weighted by Crippen LogP contribution is -2.06. The Morgan fingerprint density at radius 1 is 1.29 bits per heavy atom. The van der Waals surface area contributed by atoms with Crippen LogP contribution in [0.5, 0.6) is 0 Å². The molecule has 4 nitrogen and oxygen atoms in total. The fourth-order valence-electron chi connectivity index (χ4n) is 1.35. The van der Waals surface area contributed by atoms with Gasteiger partial charge in [-0.1, -0.05) is 0 Å². The lowest BCUT2D eigenvalue weighted by Gasteiger charge is -2.08. The minimum absolute atomic E-state index is 0.102. The van der Waals surface area contributed by atoms with Crippen LogP contribution in [0.4, 0.5) is 20.3 Å². The highest BCUT2D eigenvalue weighted by Gasteiger charge is 2.05. The van der Waals surface area contributed by atoms with Crippen molar-refractivity contribution >= 4 is 11.5 Å². The summed E-state index contributed by atoms with van der Waals surface area (Å²) in [5.41, 5.74) is 6.16.